The van der Waals surface area contributed by atoms with E-state index in [1.807, 2.05) is 50.4 Å². The summed E-state index contributed by atoms with van der Waals surface area (Å²) in [5.41, 5.74) is 0.937. The number of nitrogens with zero attached hydrogens (tertiary/aromatic N) is 1. The van der Waals surface area contributed by atoms with Gasteiger partial charge in [0.05, 0.1) is 25.1 Å². The van der Waals surface area contributed by atoms with Crippen molar-refractivity contribution in [3.63, 3.8) is 0 Å². The minimum atomic E-state index is -0.912. The summed E-state index contributed by atoms with van der Waals surface area (Å²) in [6.07, 6.45) is 1.18. The van der Waals surface area contributed by atoms with Crippen molar-refractivity contribution in [3.05, 3.63) is 35.3 Å². The van der Waals surface area contributed by atoms with Crippen LogP contribution in [-0.2, 0) is 16.0 Å². The molecule has 0 saturated heterocycles. The number of rotatable bonds is 10. The molecule has 0 fully saturated rings. The Labute approximate surface area is 163 Å². The van der Waals surface area contributed by atoms with Gasteiger partial charge in [-0.05, 0) is 44.0 Å². The minimum Gasteiger partial charge on any atom is -0.494 e. The number of hydrogen-bond acceptors (Lipinski definition) is 5. The first-order valence-electron chi connectivity index (χ1n) is 9.11. The Morgan fingerprint density at radius 3 is 2.41 bits per heavy atom. The van der Waals surface area contributed by atoms with Gasteiger partial charge in [-0.2, -0.15) is 0 Å². The second-order valence-corrected chi connectivity index (χ2v) is 7.24. The first-order chi connectivity index (χ1) is 12.9. The molecule has 2 N–H and O–H groups in total. The Morgan fingerprint density at radius 1 is 1.19 bits per heavy atom. The molecule has 0 atom stereocenters. The highest BCUT2D eigenvalue weighted by molar-refractivity contribution is 7.13. The van der Waals surface area contributed by atoms with Gasteiger partial charge in [0.25, 0.3) is 0 Å². The zero-order valence-electron chi connectivity index (χ0n) is 15.9. The molecule has 7 heteroatoms. The zero-order valence-corrected chi connectivity index (χ0v) is 16.8. The van der Waals surface area contributed by atoms with Crippen LogP contribution in [0.15, 0.2) is 29.6 Å². The largest absolute Gasteiger partial charge is 0.494 e. The van der Waals surface area contributed by atoms with E-state index in [2.05, 4.69) is 10.3 Å². The maximum Gasteiger partial charge on any atom is 0.305 e. The lowest BCUT2D eigenvalue weighted by Gasteiger charge is -2.31. The molecule has 0 spiro atoms. The average Bonchev–Trinajstić information content (AvgIpc) is 3.10. The molecule has 1 heterocycles. The van der Waals surface area contributed by atoms with E-state index in [9.17, 15) is 9.59 Å². The van der Waals surface area contributed by atoms with Gasteiger partial charge >= 0.3 is 5.97 Å². The first-order valence-corrected chi connectivity index (χ1v) is 9.99. The third kappa shape index (κ3) is 5.79. The van der Waals surface area contributed by atoms with Crippen molar-refractivity contribution in [1.82, 2.24) is 10.3 Å². The van der Waals surface area contributed by atoms with Crippen LogP contribution in [0.1, 0.15) is 45.7 Å². The molecule has 27 heavy (non-hydrogen) atoms. The third-order valence-corrected chi connectivity index (χ3v) is 5.49. The number of benzene rings is 1. The molecule has 0 radical (unpaired) electrons. The summed E-state index contributed by atoms with van der Waals surface area (Å²) >= 11 is 1.48. The number of thiazole rings is 1. The summed E-state index contributed by atoms with van der Waals surface area (Å²) in [6, 6.07) is 7.68. The van der Waals surface area contributed by atoms with E-state index in [1.165, 1.54) is 11.3 Å². The van der Waals surface area contributed by atoms with E-state index >= 15 is 0 Å². The number of carbonyl (C=O) groups is 2. The van der Waals surface area contributed by atoms with Gasteiger partial charge in [0.1, 0.15) is 10.8 Å². The Bertz CT molecular complexity index is 767. The monoisotopic (exact) mass is 390 g/mol. The van der Waals surface area contributed by atoms with Crippen LogP contribution in [0.5, 0.6) is 5.75 Å². The van der Waals surface area contributed by atoms with Crippen LogP contribution in [0.25, 0.3) is 10.6 Å². The second kappa shape index (κ2) is 9.50. The van der Waals surface area contributed by atoms with Gasteiger partial charge in [-0.25, -0.2) is 4.98 Å². The summed E-state index contributed by atoms with van der Waals surface area (Å²) in [7, 11) is 0. The Kier molecular flexibility index (Phi) is 7.36. The van der Waals surface area contributed by atoms with Crippen molar-refractivity contribution in [2.45, 2.75) is 52.0 Å². The number of carbonyl (C=O) groups excluding carboxylic acids is 1. The quantitative estimate of drug-likeness (QED) is 0.642. The number of nitrogens with one attached hydrogen (secondary N) is 1. The topological polar surface area (TPSA) is 88.5 Å². The molecule has 2 rings (SSSR count). The van der Waals surface area contributed by atoms with Crippen molar-refractivity contribution >= 4 is 23.2 Å². The molecule has 0 aliphatic rings. The maximum absolute atomic E-state index is 12.4. The Balaban J connectivity index is 2.03. The molecule has 146 valence electrons. The van der Waals surface area contributed by atoms with Gasteiger partial charge in [0.2, 0.25) is 5.91 Å². The van der Waals surface area contributed by atoms with Gasteiger partial charge in [0.15, 0.2) is 0 Å². The number of carboxylic acids is 1. The van der Waals surface area contributed by atoms with Crippen LogP contribution in [0.2, 0.25) is 0 Å². The number of ether oxygens (including phenoxy) is 1. The molecule has 2 aromatic rings. The fourth-order valence-corrected chi connectivity index (χ4v) is 3.72. The van der Waals surface area contributed by atoms with Gasteiger partial charge in [-0.15, -0.1) is 11.3 Å². The molecule has 6 nitrogen and oxygen atoms in total. The molecule has 0 aliphatic carbocycles. The van der Waals surface area contributed by atoms with Crippen LogP contribution >= 0.6 is 11.3 Å². The molecular weight excluding hydrogens is 364 g/mol. The van der Waals surface area contributed by atoms with E-state index in [-0.39, 0.29) is 18.7 Å². The smallest absolute Gasteiger partial charge is 0.305 e. The Morgan fingerprint density at radius 2 is 1.85 bits per heavy atom. The van der Waals surface area contributed by atoms with Crippen LogP contribution in [0.4, 0.5) is 0 Å². The van der Waals surface area contributed by atoms with E-state index in [0.717, 1.165) is 16.3 Å². The highest BCUT2D eigenvalue weighted by atomic mass is 32.1. The molecule has 0 saturated carbocycles. The number of carboxylic acid groups (broad SMARTS) is 1. The van der Waals surface area contributed by atoms with E-state index < -0.39 is 11.5 Å². The highest BCUT2D eigenvalue weighted by Gasteiger charge is 2.31. The van der Waals surface area contributed by atoms with E-state index in [1.54, 1.807) is 0 Å². The van der Waals surface area contributed by atoms with Crippen molar-refractivity contribution in [2.24, 2.45) is 0 Å². The molecular formula is C20H26N2O4S. The number of aromatic nitrogens is 1. The number of amides is 1. The van der Waals surface area contributed by atoms with Crippen molar-refractivity contribution in [2.75, 3.05) is 6.61 Å². The van der Waals surface area contributed by atoms with E-state index in [0.29, 0.717) is 25.1 Å². The summed E-state index contributed by atoms with van der Waals surface area (Å²) in [5, 5.41) is 14.7. The molecule has 0 unspecified atom stereocenters. The average molecular weight is 391 g/mol. The minimum absolute atomic E-state index is 0.0831. The van der Waals surface area contributed by atoms with Gasteiger partial charge in [-0.1, -0.05) is 13.8 Å². The first kappa shape index (κ1) is 20.9. The van der Waals surface area contributed by atoms with Crippen LogP contribution in [0, 0.1) is 0 Å². The lowest BCUT2D eigenvalue weighted by atomic mass is 9.88. The van der Waals surface area contributed by atoms with E-state index in [4.69, 9.17) is 9.84 Å². The standard InChI is InChI=1S/C20H26N2O4S/c1-4-20(5-2,12-18(24)25)22-17(23)11-15-13-27-19(21-15)14-7-9-16(10-8-14)26-6-3/h7-10,13H,4-6,11-12H2,1-3H3,(H,22,23)(H,24,25). The van der Waals surface area contributed by atoms with Crippen molar-refractivity contribution < 1.29 is 19.4 Å². The predicted octanol–water partition coefficient (Wildman–Crippen LogP) is 3.90. The van der Waals surface area contributed by atoms with Crippen LogP contribution in [-0.4, -0.2) is 34.1 Å². The van der Waals surface area contributed by atoms with Gasteiger partial charge < -0.3 is 15.2 Å². The molecule has 1 amide bonds. The summed E-state index contributed by atoms with van der Waals surface area (Å²) in [5.74, 6) is -0.305. The molecule has 0 aliphatic heterocycles. The van der Waals surface area contributed by atoms with Crippen LogP contribution < -0.4 is 10.1 Å². The number of aliphatic carboxylic acids is 1. The fraction of sp³-hybridized carbons (Fsp3) is 0.450. The normalized spacial score (nSPS) is 11.2. The summed E-state index contributed by atoms with van der Waals surface area (Å²) in [6.45, 7) is 6.34. The molecule has 1 aromatic heterocycles. The molecule has 1 aromatic carbocycles. The van der Waals surface area contributed by atoms with Crippen LogP contribution in [0.3, 0.4) is 0 Å². The highest BCUT2D eigenvalue weighted by Crippen LogP contribution is 2.26. The summed E-state index contributed by atoms with van der Waals surface area (Å²) in [4.78, 5) is 28.1. The Hall–Kier alpha value is -2.41. The third-order valence-electron chi connectivity index (χ3n) is 4.55. The zero-order chi connectivity index (χ0) is 19.9. The second-order valence-electron chi connectivity index (χ2n) is 6.38. The SMILES string of the molecule is CCOc1ccc(-c2nc(CC(=O)NC(CC)(CC)CC(=O)O)cs2)cc1. The van der Waals surface area contributed by atoms with Gasteiger partial charge in [-0.3, -0.25) is 9.59 Å². The number of hydrogen-bond donors (Lipinski definition) is 2. The van der Waals surface area contributed by atoms with Gasteiger partial charge in [0, 0.05) is 16.5 Å². The fourth-order valence-electron chi connectivity index (χ4n) is 2.90. The summed E-state index contributed by atoms with van der Waals surface area (Å²) < 4.78 is 5.44. The lowest BCUT2D eigenvalue weighted by molar-refractivity contribution is -0.139. The maximum atomic E-state index is 12.4. The van der Waals surface area contributed by atoms with Crippen molar-refractivity contribution in [3.8, 4) is 16.3 Å². The van der Waals surface area contributed by atoms with Crippen molar-refractivity contribution in [1.29, 1.82) is 0 Å². The molecule has 0 bridgehead atoms. The lowest BCUT2D eigenvalue weighted by Crippen LogP contribution is -2.49. The predicted molar refractivity (Wildman–Crippen MR) is 106 cm³/mol.